The summed E-state index contributed by atoms with van der Waals surface area (Å²) in [6.07, 6.45) is 7.60. The summed E-state index contributed by atoms with van der Waals surface area (Å²) in [5, 5.41) is 0. The average Bonchev–Trinajstić information content (AvgIpc) is 3.48. The van der Waals surface area contributed by atoms with Gasteiger partial charge in [0.1, 0.15) is 0 Å². The number of benzene rings is 2. The van der Waals surface area contributed by atoms with Crippen molar-refractivity contribution < 1.29 is 0 Å². The Morgan fingerprint density at radius 2 is 1.47 bits per heavy atom. The standard InChI is InChI=1S/C27H25BrS2/c1-2-3-4-5-6-18-7-9-22-20(15-18)17-21-16-19(8-10-23(21)22)24-11-12-25(29-24)26-13-14-27(28)30-26/h7-16H,2-6,17H2,1H3. The minimum atomic E-state index is 1.07. The van der Waals surface area contributed by atoms with Gasteiger partial charge < -0.3 is 0 Å². The number of unbranched alkanes of at least 4 members (excludes halogenated alkanes) is 3. The van der Waals surface area contributed by atoms with Crippen molar-refractivity contribution in [3.8, 4) is 31.3 Å². The van der Waals surface area contributed by atoms with Gasteiger partial charge in [-0.1, -0.05) is 56.5 Å². The molecule has 2 aromatic heterocycles. The second-order valence-corrected chi connectivity index (χ2v) is 11.7. The number of hydrogen-bond donors (Lipinski definition) is 0. The van der Waals surface area contributed by atoms with Crippen LogP contribution < -0.4 is 0 Å². The Kier molecular flexibility index (Phi) is 5.95. The highest BCUT2D eigenvalue weighted by Crippen LogP contribution is 2.42. The van der Waals surface area contributed by atoms with Gasteiger partial charge in [0.2, 0.25) is 0 Å². The number of aryl methyl sites for hydroxylation is 1. The Hall–Kier alpha value is -1.68. The van der Waals surface area contributed by atoms with Crippen molar-refractivity contribution in [2.45, 2.75) is 45.4 Å². The summed E-state index contributed by atoms with van der Waals surface area (Å²) in [6.45, 7) is 2.28. The maximum atomic E-state index is 3.58. The van der Waals surface area contributed by atoms with Crippen LogP contribution in [0.2, 0.25) is 0 Å². The van der Waals surface area contributed by atoms with Crippen LogP contribution in [0.5, 0.6) is 0 Å². The molecule has 0 unspecified atom stereocenters. The first-order valence-electron chi connectivity index (χ1n) is 10.8. The minimum absolute atomic E-state index is 1.07. The topological polar surface area (TPSA) is 0 Å². The fourth-order valence-electron chi connectivity index (χ4n) is 4.40. The Morgan fingerprint density at radius 1 is 0.733 bits per heavy atom. The number of rotatable bonds is 7. The molecule has 0 fully saturated rings. The lowest BCUT2D eigenvalue weighted by atomic mass is 10.00. The van der Waals surface area contributed by atoms with E-state index in [0.29, 0.717) is 0 Å². The maximum Gasteiger partial charge on any atom is 0.0705 e. The minimum Gasteiger partial charge on any atom is -0.134 e. The largest absolute Gasteiger partial charge is 0.134 e. The van der Waals surface area contributed by atoms with Crippen LogP contribution in [0.3, 0.4) is 0 Å². The van der Waals surface area contributed by atoms with E-state index in [4.69, 9.17) is 0 Å². The third-order valence-corrected chi connectivity index (χ3v) is 8.93. The zero-order valence-electron chi connectivity index (χ0n) is 17.2. The lowest BCUT2D eigenvalue weighted by molar-refractivity contribution is 0.667. The molecule has 3 heteroatoms. The molecule has 0 saturated carbocycles. The van der Waals surface area contributed by atoms with Gasteiger partial charge in [0.05, 0.1) is 3.79 Å². The van der Waals surface area contributed by atoms with E-state index in [0.717, 1.165) is 6.42 Å². The van der Waals surface area contributed by atoms with Gasteiger partial charge in [-0.2, -0.15) is 0 Å². The van der Waals surface area contributed by atoms with Crippen molar-refractivity contribution >= 4 is 38.6 Å². The SMILES string of the molecule is CCCCCCc1ccc2c(c1)Cc1cc(-c3ccc(-c4ccc(Br)s4)s3)ccc1-2. The summed E-state index contributed by atoms with van der Waals surface area (Å²) < 4.78 is 1.19. The fraction of sp³-hybridized carbons (Fsp3) is 0.259. The first-order valence-corrected chi connectivity index (χ1v) is 13.2. The van der Waals surface area contributed by atoms with Crippen LogP contribution in [-0.2, 0) is 12.8 Å². The van der Waals surface area contributed by atoms with Gasteiger partial charge >= 0.3 is 0 Å². The van der Waals surface area contributed by atoms with Gasteiger partial charge in [-0.3, -0.25) is 0 Å². The molecule has 1 aliphatic rings. The van der Waals surface area contributed by atoms with Gasteiger partial charge in [0, 0.05) is 14.6 Å². The van der Waals surface area contributed by atoms with Crippen molar-refractivity contribution in [1.82, 2.24) is 0 Å². The zero-order valence-corrected chi connectivity index (χ0v) is 20.4. The van der Waals surface area contributed by atoms with E-state index in [-0.39, 0.29) is 0 Å². The van der Waals surface area contributed by atoms with Crippen LogP contribution in [0.4, 0.5) is 0 Å². The summed E-state index contributed by atoms with van der Waals surface area (Å²) in [6, 6.07) is 23.1. The molecule has 0 radical (unpaired) electrons. The van der Waals surface area contributed by atoms with Crippen LogP contribution in [0.25, 0.3) is 31.3 Å². The Labute approximate surface area is 195 Å². The van der Waals surface area contributed by atoms with E-state index < -0.39 is 0 Å². The van der Waals surface area contributed by atoms with E-state index in [1.54, 1.807) is 11.3 Å². The summed E-state index contributed by atoms with van der Waals surface area (Å²) in [5.41, 5.74) is 8.68. The molecular weight excluding hydrogens is 468 g/mol. The molecule has 5 rings (SSSR count). The molecular formula is C27H25BrS2. The smallest absolute Gasteiger partial charge is 0.0705 e. The fourth-order valence-corrected chi connectivity index (χ4v) is 6.88. The number of halogens is 1. The first kappa shape index (κ1) is 20.2. The van der Waals surface area contributed by atoms with Crippen molar-refractivity contribution in [3.63, 3.8) is 0 Å². The second kappa shape index (κ2) is 8.82. The van der Waals surface area contributed by atoms with Crippen LogP contribution in [0.15, 0.2) is 64.5 Å². The van der Waals surface area contributed by atoms with E-state index in [2.05, 4.69) is 83.5 Å². The Bertz CT molecular complexity index is 1180. The molecule has 152 valence electrons. The van der Waals surface area contributed by atoms with E-state index >= 15 is 0 Å². The van der Waals surface area contributed by atoms with Crippen molar-refractivity contribution in [3.05, 3.63) is 81.1 Å². The Balaban J connectivity index is 1.36. The molecule has 4 aromatic rings. The molecule has 0 nitrogen and oxygen atoms in total. The van der Waals surface area contributed by atoms with Crippen LogP contribution in [0.1, 0.15) is 49.3 Å². The quantitative estimate of drug-likeness (QED) is 0.198. The van der Waals surface area contributed by atoms with Crippen LogP contribution >= 0.6 is 38.6 Å². The molecule has 0 saturated heterocycles. The molecule has 0 aliphatic heterocycles. The highest BCUT2D eigenvalue weighted by molar-refractivity contribution is 9.11. The predicted molar refractivity (Wildman–Crippen MR) is 137 cm³/mol. The average molecular weight is 494 g/mol. The first-order chi connectivity index (χ1) is 14.7. The van der Waals surface area contributed by atoms with Crippen LogP contribution in [0, 0.1) is 0 Å². The van der Waals surface area contributed by atoms with Gasteiger partial charge in [0.25, 0.3) is 0 Å². The molecule has 2 heterocycles. The summed E-state index contributed by atoms with van der Waals surface area (Å²) >= 11 is 7.26. The number of thiophene rings is 2. The lowest BCUT2D eigenvalue weighted by Gasteiger charge is -2.06. The third-order valence-electron chi connectivity index (χ3n) is 5.97. The molecule has 0 amide bonds. The summed E-state index contributed by atoms with van der Waals surface area (Å²) in [5.74, 6) is 0. The van der Waals surface area contributed by atoms with E-state index in [1.165, 1.54) is 83.9 Å². The van der Waals surface area contributed by atoms with Crippen molar-refractivity contribution in [2.24, 2.45) is 0 Å². The van der Waals surface area contributed by atoms with Gasteiger partial charge in [-0.15, -0.1) is 22.7 Å². The molecule has 0 bridgehead atoms. The summed E-state index contributed by atoms with van der Waals surface area (Å²) in [4.78, 5) is 4.03. The van der Waals surface area contributed by atoms with Gasteiger partial charge in [-0.25, -0.2) is 0 Å². The molecule has 1 aliphatic carbocycles. The number of fused-ring (bicyclic) bond motifs is 3. The van der Waals surface area contributed by atoms with Gasteiger partial charge in [0.15, 0.2) is 0 Å². The summed E-state index contributed by atoms with van der Waals surface area (Å²) in [7, 11) is 0. The van der Waals surface area contributed by atoms with Gasteiger partial charge in [-0.05, 0) is 98.9 Å². The highest BCUT2D eigenvalue weighted by Gasteiger charge is 2.19. The second-order valence-electron chi connectivity index (χ2n) is 8.12. The lowest BCUT2D eigenvalue weighted by Crippen LogP contribution is -1.89. The number of hydrogen-bond acceptors (Lipinski definition) is 2. The Morgan fingerprint density at radius 3 is 2.27 bits per heavy atom. The molecule has 0 N–H and O–H groups in total. The van der Waals surface area contributed by atoms with E-state index in [1.807, 2.05) is 11.3 Å². The molecule has 2 aromatic carbocycles. The van der Waals surface area contributed by atoms with Crippen molar-refractivity contribution in [2.75, 3.05) is 0 Å². The zero-order chi connectivity index (χ0) is 20.5. The third kappa shape index (κ3) is 4.08. The predicted octanol–water partition coefficient (Wildman–Crippen LogP) is 9.60. The highest BCUT2D eigenvalue weighted by atomic mass is 79.9. The molecule has 0 atom stereocenters. The molecule has 0 spiro atoms. The maximum absolute atomic E-state index is 3.58. The normalized spacial score (nSPS) is 12.2. The monoisotopic (exact) mass is 492 g/mol. The van der Waals surface area contributed by atoms with E-state index in [9.17, 15) is 0 Å². The molecule has 30 heavy (non-hydrogen) atoms. The van der Waals surface area contributed by atoms with Crippen LogP contribution in [-0.4, -0.2) is 0 Å². The van der Waals surface area contributed by atoms with Crippen molar-refractivity contribution in [1.29, 1.82) is 0 Å².